The molecule has 0 spiro atoms. The number of hydrogen-bond donors (Lipinski definition) is 1. The maximum atomic E-state index is 11.5. The van der Waals surface area contributed by atoms with Crippen LogP contribution in [0.1, 0.15) is 43.6 Å². The lowest BCUT2D eigenvalue weighted by molar-refractivity contribution is 0.0956. The zero-order valence-electron chi connectivity index (χ0n) is 11.1. The summed E-state index contributed by atoms with van der Waals surface area (Å²) in [6.45, 7) is 9.05. The Bertz CT molecular complexity index is 396. The summed E-state index contributed by atoms with van der Waals surface area (Å²) in [7, 11) is 0. The monoisotopic (exact) mass is 231 g/mol. The van der Waals surface area contributed by atoms with Gasteiger partial charge in [0, 0.05) is 12.1 Å². The summed E-state index contributed by atoms with van der Waals surface area (Å²) in [5, 5.41) is 2.78. The minimum Gasteiger partial charge on any atom is -0.352 e. The van der Waals surface area contributed by atoms with Gasteiger partial charge in [-0.3, -0.25) is 4.79 Å². The zero-order valence-corrected chi connectivity index (χ0v) is 11.1. The Morgan fingerprint density at radius 3 is 2.29 bits per heavy atom. The van der Waals surface area contributed by atoms with E-state index in [2.05, 4.69) is 38.2 Å². The summed E-state index contributed by atoms with van der Waals surface area (Å²) in [5.74, 6) is -0.0150. The fraction of sp³-hybridized carbons (Fsp3) is 0.400. The first-order valence-electron chi connectivity index (χ1n) is 6.00. The second-order valence-electron chi connectivity index (χ2n) is 5.18. The Hall–Kier alpha value is -1.57. The van der Waals surface area contributed by atoms with Crippen LogP contribution < -0.4 is 5.32 Å². The highest BCUT2D eigenvalue weighted by Crippen LogP contribution is 2.17. The van der Waals surface area contributed by atoms with E-state index in [1.807, 2.05) is 31.2 Å². The molecule has 0 aliphatic heterocycles. The van der Waals surface area contributed by atoms with Gasteiger partial charge >= 0.3 is 0 Å². The molecule has 1 rings (SSSR count). The normalized spacial score (nSPS) is 11.8. The second kappa shape index (κ2) is 5.67. The number of allylic oxidation sites excluding steroid dienone is 1. The van der Waals surface area contributed by atoms with E-state index in [4.69, 9.17) is 0 Å². The van der Waals surface area contributed by atoms with Crippen molar-refractivity contribution in [2.45, 2.75) is 27.7 Å². The largest absolute Gasteiger partial charge is 0.352 e. The summed E-state index contributed by atoms with van der Waals surface area (Å²) in [5.41, 5.74) is 2.01. The summed E-state index contributed by atoms with van der Waals surface area (Å²) >= 11 is 0. The van der Waals surface area contributed by atoms with E-state index in [1.165, 1.54) is 0 Å². The summed E-state index contributed by atoms with van der Waals surface area (Å²) in [6.07, 6.45) is 4.25. The minimum atomic E-state index is -0.0150. The van der Waals surface area contributed by atoms with Crippen LogP contribution in [0.15, 0.2) is 30.3 Å². The van der Waals surface area contributed by atoms with Gasteiger partial charge in [-0.2, -0.15) is 0 Å². The van der Waals surface area contributed by atoms with E-state index in [0.29, 0.717) is 12.1 Å². The number of carbonyl (C=O) groups excluding carboxylic acids is 1. The Morgan fingerprint density at radius 1 is 1.24 bits per heavy atom. The van der Waals surface area contributed by atoms with Crippen LogP contribution in [0.25, 0.3) is 6.08 Å². The second-order valence-corrected chi connectivity index (χ2v) is 5.18. The van der Waals surface area contributed by atoms with Crippen molar-refractivity contribution in [3.63, 3.8) is 0 Å². The SMILES string of the molecule is CCNC(=O)c1ccc(/C=C/C(C)(C)C)cc1. The van der Waals surface area contributed by atoms with E-state index in [1.54, 1.807) is 0 Å². The molecular weight excluding hydrogens is 210 g/mol. The first-order chi connectivity index (χ1) is 7.92. The average Bonchev–Trinajstić information content (AvgIpc) is 2.26. The van der Waals surface area contributed by atoms with Crippen LogP contribution in [0.4, 0.5) is 0 Å². The number of hydrogen-bond acceptors (Lipinski definition) is 1. The van der Waals surface area contributed by atoms with Gasteiger partial charge in [-0.25, -0.2) is 0 Å². The fourth-order valence-electron chi connectivity index (χ4n) is 1.35. The summed E-state index contributed by atoms with van der Waals surface area (Å²) < 4.78 is 0. The van der Waals surface area contributed by atoms with Gasteiger partial charge in [0.1, 0.15) is 0 Å². The predicted molar refractivity (Wildman–Crippen MR) is 72.9 cm³/mol. The molecule has 0 aliphatic rings. The Kier molecular flexibility index (Phi) is 4.50. The van der Waals surface area contributed by atoms with Crippen molar-refractivity contribution < 1.29 is 4.79 Å². The molecule has 2 nitrogen and oxygen atoms in total. The molecule has 1 aromatic carbocycles. The van der Waals surface area contributed by atoms with Crippen molar-refractivity contribution in [3.05, 3.63) is 41.5 Å². The molecule has 1 aromatic rings. The summed E-state index contributed by atoms with van der Waals surface area (Å²) in [6, 6.07) is 7.64. The quantitative estimate of drug-likeness (QED) is 0.847. The van der Waals surface area contributed by atoms with Crippen LogP contribution in [0.5, 0.6) is 0 Å². The third-order valence-electron chi connectivity index (χ3n) is 2.29. The van der Waals surface area contributed by atoms with E-state index >= 15 is 0 Å². The van der Waals surface area contributed by atoms with Gasteiger partial charge in [0.25, 0.3) is 5.91 Å². The van der Waals surface area contributed by atoms with Crippen molar-refractivity contribution in [3.8, 4) is 0 Å². The Labute approximate surface area is 104 Å². The van der Waals surface area contributed by atoms with E-state index in [0.717, 1.165) is 5.56 Å². The lowest BCUT2D eigenvalue weighted by atomic mass is 9.95. The molecule has 17 heavy (non-hydrogen) atoms. The molecule has 1 amide bonds. The molecular formula is C15H21NO. The maximum Gasteiger partial charge on any atom is 0.251 e. The molecule has 0 saturated carbocycles. The number of nitrogens with one attached hydrogen (secondary N) is 1. The molecule has 0 unspecified atom stereocenters. The molecule has 1 N–H and O–H groups in total. The van der Waals surface area contributed by atoms with Gasteiger partial charge in [-0.15, -0.1) is 0 Å². The van der Waals surface area contributed by atoms with Gasteiger partial charge in [0.2, 0.25) is 0 Å². The molecule has 0 fully saturated rings. The van der Waals surface area contributed by atoms with Gasteiger partial charge in [-0.05, 0) is 30.0 Å². The number of rotatable bonds is 3. The van der Waals surface area contributed by atoms with E-state index < -0.39 is 0 Å². The molecule has 0 saturated heterocycles. The lowest BCUT2D eigenvalue weighted by Gasteiger charge is -2.11. The first-order valence-corrected chi connectivity index (χ1v) is 6.00. The van der Waals surface area contributed by atoms with Crippen LogP contribution in [-0.2, 0) is 0 Å². The van der Waals surface area contributed by atoms with Crippen molar-refractivity contribution >= 4 is 12.0 Å². The van der Waals surface area contributed by atoms with Crippen molar-refractivity contribution in [2.75, 3.05) is 6.54 Å². The first kappa shape index (κ1) is 13.5. The smallest absolute Gasteiger partial charge is 0.251 e. The molecule has 0 heterocycles. The third-order valence-corrected chi connectivity index (χ3v) is 2.29. The fourth-order valence-corrected chi connectivity index (χ4v) is 1.35. The molecule has 0 radical (unpaired) electrons. The highest BCUT2D eigenvalue weighted by atomic mass is 16.1. The highest BCUT2D eigenvalue weighted by Gasteiger charge is 2.04. The standard InChI is InChI=1S/C15H21NO/c1-5-16-14(17)13-8-6-12(7-9-13)10-11-15(2,3)4/h6-11H,5H2,1-4H3,(H,16,17)/b11-10+. The van der Waals surface area contributed by atoms with Crippen molar-refractivity contribution in [1.29, 1.82) is 0 Å². The predicted octanol–water partition coefficient (Wildman–Crippen LogP) is 3.50. The summed E-state index contributed by atoms with van der Waals surface area (Å²) in [4.78, 5) is 11.5. The average molecular weight is 231 g/mol. The Balaban J connectivity index is 2.75. The topological polar surface area (TPSA) is 29.1 Å². The number of benzene rings is 1. The van der Waals surface area contributed by atoms with Crippen LogP contribution >= 0.6 is 0 Å². The van der Waals surface area contributed by atoms with Gasteiger partial charge in [0.15, 0.2) is 0 Å². The number of amides is 1. The lowest BCUT2D eigenvalue weighted by Crippen LogP contribution is -2.22. The Morgan fingerprint density at radius 2 is 1.82 bits per heavy atom. The van der Waals surface area contributed by atoms with Crippen LogP contribution in [-0.4, -0.2) is 12.5 Å². The van der Waals surface area contributed by atoms with Crippen LogP contribution in [0.2, 0.25) is 0 Å². The number of carbonyl (C=O) groups is 1. The van der Waals surface area contributed by atoms with E-state index in [9.17, 15) is 4.79 Å². The van der Waals surface area contributed by atoms with Gasteiger partial charge in [0.05, 0.1) is 0 Å². The maximum absolute atomic E-state index is 11.5. The van der Waals surface area contributed by atoms with Gasteiger partial charge in [-0.1, -0.05) is 45.1 Å². The van der Waals surface area contributed by atoms with Crippen LogP contribution in [0.3, 0.4) is 0 Å². The highest BCUT2D eigenvalue weighted by molar-refractivity contribution is 5.94. The molecule has 2 heteroatoms. The van der Waals surface area contributed by atoms with Crippen LogP contribution in [0, 0.1) is 5.41 Å². The molecule has 0 aliphatic carbocycles. The zero-order chi connectivity index (χ0) is 12.9. The molecule has 0 atom stereocenters. The minimum absolute atomic E-state index is 0.0150. The van der Waals surface area contributed by atoms with Crippen molar-refractivity contribution in [2.24, 2.45) is 5.41 Å². The van der Waals surface area contributed by atoms with Crippen molar-refractivity contribution in [1.82, 2.24) is 5.32 Å². The third kappa shape index (κ3) is 4.85. The van der Waals surface area contributed by atoms with Gasteiger partial charge < -0.3 is 5.32 Å². The van der Waals surface area contributed by atoms with E-state index in [-0.39, 0.29) is 11.3 Å². The molecule has 0 aromatic heterocycles. The molecule has 92 valence electrons. The molecule has 0 bridgehead atoms.